The number of thioether (sulfide) groups is 1. The van der Waals surface area contributed by atoms with Crippen molar-refractivity contribution in [2.24, 2.45) is 0 Å². The Balaban J connectivity index is 2.28. The second-order valence-electron chi connectivity index (χ2n) is 3.58. The summed E-state index contributed by atoms with van der Waals surface area (Å²) < 4.78 is 5.39. The Kier molecular flexibility index (Phi) is 3.29. The molecule has 1 aromatic heterocycles. The zero-order chi connectivity index (χ0) is 11.5. The second-order valence-corrected chi connectivity index (χ2v) is 4.57. The van der Waals surface area contributed by atoms with E-state index in [1.165, 1.54) is 0 Å². The Morgan fingerprint density at radius 1 is 1.50 bits per heavy atom. The van der Waals surface area contributed by atoms with Gasteiger partial charge in [0.05, 0.1) is 0 Å². The van der Waals surface area contributed by atoms with Crippen molar-refractivity contribution in [3.63, 3.8) is 0 Å². The maximum Gasteiger partial charge on any atom is 0.192 e. The largest absolute Gasteiger partial charge is 0.441 e. The SMILES string of the molecule is CSCCC(=O)c1ccc2nc(C)oc2c1. The molecule has 3 nitrogen and oxygen atoms in total. The predicted octanol–water partition coefficient (Wildman–Crippen LogP) is 3.07. The highest BCUT2D eigenvalue weighted by atomic mass is 32.2. The fourth-order valence-electron chi connectivity index (χ4n) is 1.55. The van der Waals surface area contributed by atoms with Gasteiger partial charge in [0.15, 0.2) is 17.3 Å². The Morgan fingerprint density at radius 3 is 3.06 bits per heavy atom. The number of ketones is 1. The number of carbonyl (C=O) groups is 1. The van der Waals surface area contributed by atoms with Gasteiger partial charge in [-0.15, -0.1) is 0 Å². The van der Waals surface area contributed by atoms with Crippen LogP contribution in [0, 0.1) is 6.92 Å². The van der Waals surface area contributed by atoms with E-state index < -0.39 is 0 Å². The van der Waals surface area contributed by atoms with E-state index in [9.17, 15) is 4.79 Å². The minimum Gasteiger partial charge on any atom is -0.441 e. The van der Waals surface area contributed by atoms with Gasteiger partial charge in [0.1, 0.15) is 5.52 Å². The Hall–Kier alpha value is -1.29. The van der Waals surface area contributed by atoms with Gasteiger partial charge < -0.3 is 4.42 Å². The second kappa shape index (κ2) is 4.70. The molecule has 2 rings (SSSR count). The summed E-state index contributed by atoms with van der Waals surface area (Å²) in [7, 11) is 0. The molecule has 0 spiro atoms. The molecule has 0 aliphatic rings. The number of nitrogens with zero attached hydrogens (tertiary/aromatic N) is 1. The van der Waals surface area contributed by atoms with Crippen molar-refractivity contribution < 1.29 is 9.21 Å². The topological polar surface area (TPSA) is 43.1 Å². The number of oxazole rings is 1. The zero-order valence-corrected chi connectivity index (χ0v) is 10.1. The van der Waals surface area contributed by atoms with E-state index in [1.54, 1.807) is 24.8 Å². The Bertz CT molecular complexity index is 519. The molecule has 16 heavy (non-hydrogen) atoms. The van der Waals surface area contributed by atoms with E-state index in [0.717, 1.165) is 11.3 Å². The van der Waals surface area contributed by atoms with E-state index in [-0.39, 0.29) is 5.78 Å². The molecule has 2 aromatic rings. The van der Waals surface area contributed by atoms with Gasteiger partial charge in [0, 0.05) is 24.7 Å². The quantitative estimate of drug-likeness (QED) is 0.764. The lowest BCUT2D eigenvalue weighted by Gasteiger charge is -1.98. The third-order valence-corrected chi connectivity index (χ3v) is 2.96. The van der Waals surface area contributed by atoms with Crippen LogP contribution in [0.25, 0.3) is 11.1 Å². The first kappa shape index (κ1) is 11.2. The summed E-state index contributed by atoms with van der Waals surface area (Å²) in [5, 5.41) is 0. The number of hydrogen-bond donors (Lipinski definition) is 0. The highest BCUT2D eigenvalue weighted by Gasteiger charge is 2.08. The summed E-state index contributed by atoms with van der Waals surface area (Å²) in [4.78, 5) is 16.0. The molecule has 0 saturated heterocycles. The molecule has 0 aliphatic carbocycles. The standard InChI is InChI=1S/C12H13NO2S/c1-8-13-10-4-3-9(7-12(10)15-8)11(14)5-6-16-2/h3-4,7H,5-6H2,1-2H3. The molecule has 0 atom stereocenters. The van der Waals surface area contributed by atoms with Crippen LogP contribution in [0.5, 0.6) is 0 Å². The smallest absolute Gasteiger partial charge is 0.192 e. The van der Waals surface area contributed by atoms with Crippen LogP contribution in [0.4, 0.5) is 0 Å². The number of carbonyl (C=O) groups excluding carboxylic acids is 1. The van der Waals surface area contributed by atoms with Crippen LogP contribution in [0.3, 0.4) is 0 Å². The Morgan fingerprint density at radius 2 is 2.31 bits per heavy atom. The number of benzene rings is 1. The molecule has 0 bridgehead atoms. The van der Waals surface area contributed by atoms with Crippen molar-refractivity contribution in [1.29, 1.82) is 0 Å². The van der Waals surface area contributed by atoms with Crippen LogP contribution < -0.4 is 0 Å². The molecule has 0 saturated carbocycles. The van der Waals surface area contributed by atoms with Gasteiger partial charge in [-0.1, -0.05) is 0 Å². The molecular weight excluding hydrogens is 222 g/mol. The van der Waals surface area contributed by atoms with E-state index in [2.05, 4.69) is 4.98 Å². The maximum atomic E-state index is 11.8. The van der Waals surface area contributed by atoms with E-state index >= 15 is 0 Å². The van der Waals surface area contributed by atoms with Gasteiger partial charge in [-0.05, 0) is 24.5 Å². The monoisotopic (exact) mass is 235 g/mol. The van der Waals surface area contributed by atoms with Crippen molar-refractivity contribution >= 4 is 28.6 Å². The van der Waals surface area contributed by atoms with Gasteiger partial charge in [-0.25, -0.2) is 4.98 Å². The summed E-state index contributed by atoms with van der Waals surface area (Å²) in [6.07, 6.45) is 2.57. The fourth-order valence-corrected chi connectivity index (χ4v) is 1.94. The molecule has 0 N–H and O–H groups in total. The molecular formula is C12H13NO2S. The minimum atomic E-state index is 0.158. The maximum absolute atomic E-state index is 11.8. The van der Waals surface area contributed by atoms with Crippen LogP contribution in [0.2, 0.25) is 0 Å². The summed E-state index contributed by atoms with van der Waals surface area (Å²) in [5.41, 5.74) is 2.20. The average molecular weight is 235 g/mol. The van der Waals surface area contributed by atoms with Crippen LogP contribution in [0.15, 0.2) is 22.6 Å². The number of aromatic nitrogens is 1. The van der Waals surface area contributed by atoms with Gasteiger partial charge >= 0.3 is 0 Å². The molecule has 0 unspecified atom stereocenters. The normalized spacial score (nSPS) is 10.9. The fraction of sp³-hybridized carbons (Fsp3) is 0.333. The summed E-state index contributed by atoms with van der Waals surface area (Å²) in [6, 6.07) is 5.42. The highest BCUT2D eigenvalue weighted by molar-refractivity contribution is 7.98. The lowest BCUT2D eigenvalue weighted by Crippen LogP contribution is -1.99. The Labute approximate surface area is 98.2 Å². The van der Waals surface area contributed by atoms with Crippen molar-refractivity contribution in [2.75, 3.05) is 12.0 Å². The van der Waals surface area contributed by atoms with Crippen LogP contribution in [0.1, 0.15) is 22.7 Å². The number of hydrogen-bond acceptors (Lipinski definition) is 4. The van der Waals surface area contributed by atoms with Crippen molar-refractivity contribution in [1.82, 2.24) is 4.98 Å². The summed E-state index contributed by atoms with van der Waals surface area (Å²) in [5.74, 6) is 1.64. The molecule has 0 amide bonds. The first-order valence-electron chi connectivity index (χ1n) is 5.10. The van der Waals surface area contributed by atoms with E-state index in [0.29, 0.717) is 23.5 Å². The van der Waals surface area contributed by atoms with Gasteiger partial charge in [-0.3, -0.25) is 4.79 Å². The summed E-state index contributed by atoms with van der Waals surface area (Å²) >= 11 is 1.68. The average Bonchev–Trinajstić information content (AvgIpc) is 2.64. The third kappa shape index (κ3) is 2.27. The molecule has 1 heterocycles. The van der Waals surface area contributed by atoms with Crippen molar-refractivity contribution in [2.45, 2.75) is 13.3 Å². The van der Waals surface area contributed by atoms with Crippen LogP contribution in [-0.4, -0.2) is 22.8 Å². The predicted molar refractivity (Wildman–Crippen MR) is 66.1 cm³/mol. The highest BCUT2D eigenvalue weighted by Crippen LogP contribution is 2.18. The number of Topliss-reactive ketones (excluding diaryl/α,β-unsaturated/α-hetero) is 1. The number of rotatable bonds is 4. The molecule has 0 aliphatic heterocycles. The molecule has 1 aromatic carbocycles. The minimum absolute atomic E-state index is 0.158. The number of fused-ring (bicyclic) bond motifs is 1. The first-order chi connectivity index (χ1) is 7.70. The third-order valence-electron chi connectivity index (χ3n) is 2.35. The van der Waals surface area contributed by atoms with E-state index in [4.69, 9.17) is 4.42 Å². The lowest BCUT2D eigenvalue weighted by molar-refractivity contribution is 0.0989. The molecule has 0 fully saturated rings. The number of aryl methyl sites for hydroxylation is 1. The first-order valence-corrected chi connectivity index (χ1v) is 6.49. The van der Waals surface area contributed by atoms with Crippen LogP contribution in [-0.2, 0) is 0 Å². The van der Waals surface area contributed by atoms with Crippen molar-refractivity contribution in [3.8, 4) is 0 Å². The molecule has 84 valence electrons. The van der Waals surface area contributed by atoms with Gasteiger partial charge in [0.2, 0.25) is 0 Å². The lowest BCUT2D eigenvalue weighted by atomic mass is 10.1. The zero-order valence-electron chi connectivity index (χ0n) is 9.32. The van der Waals surface area contributed by atoms with Gasteiger partial charge in [0.25, 0.3) is 0 Å². The van der Waals surface area contributed by atoms with Crippen LogP contribution >= 0.6 is 11.8 Å². The van der Waals surface area contributed by atoms with Gasteiger partial charge in [-0.2, -0.15) is 11.8 Å². The van der Waals surface area contributed by atoms with E-state index in [1.807, 2.05) is 18.4 Å². The van der Waals surface area contributed by atoms with Crippen molar-refractivity contribution in [3.05, 3.63) is 29.7 Å². The summed E-state index contributed by atoms with van der Waals surface area (Å²) in [6.45, 7) is 1.80. The molecule has 4 heteroatoms. The molecule has 0 radical (unpaired) electrons.